The Kier molecular flexibility index (Phi) is 12.1. The predicted molar refractivity (Wildman–Crippen MR) is 191 cm³/mol. The molecule has 2 aromatic heterocycles. The molecule has 0 aliphatic heterocycles. The van der Waals surface area contributed by atoms with Gasteiger partial charge in [0.15, 0.2) is 0 Å². The van der Waals surface area contributed by atoms with Crippen LogP contribution in [0.2, 0.25) is 10.0 Å². The van der Waals surface area contributed by atoms with Crippen molar-refractivity contribution in [2.75, 3.05) is 13.2 Å². The van der Waals surface area contributed by atoms with E-state index in [1.54, 1.807) is 24.5 Å². The van der Waals surface area contributed by atoms with Crippen LogP contribution in [0.1, 0.15) is 77.0 Å². The standard InChI is InChI=1S/2C18H23ClN2O3/c2*19-15-11-14-12(4-8-21-17(14)23)10-16(15)24-13-2-6-18(20,7-3-13)5-1-9-22/h2*4,8,10-11,13,22H,1-3,5-7,9,20H2,(H,21,23). The first-order valence-corrected chi connectivity index (χ1v) is 17.5. The second-order valence-corrected chi connectivity index (χ2v) is 14.2. The van der Waals surface area contributed by atoms with Crippen molar-refractivity contribution in [1.82, 2.24) is 9.97 Å². The summed E-state index contributed by atoms with van der Waals surface area (Å²) in [4.78, 5) is 28.9. The molecule has 4 aromatic rings. The average Bonchev–Trinajstić information content (AvgIpc) is 3.07. The minimum absolute atomic E-state index is 0.0766. The molecule has 2 aliphatic rings. The van der Waals surface area contributed by atoms with E-state index in [1.165, 1.54) is 0 Å². The first-order chi connectivity index (χ1) is 23.0. The number of aromatic nitrogens is 2. The Morgan fingerprint density at radius 1 is 0.688 bits per heavy atom. The highest BCUT2D eigenvalue weighted by Gasteiger charge is 2.33. The van der Waals surface area contributed by atoms with Gasteiger partial charge < -0.3 is 41.1 Å². The molecule has 2 fully saturated rings. The first-order valence-electron chi connectivity index (χ1n) is 16.8. The van der Waals surface area contributed by atoms with E-state index in [4.69, 9.17) is 54.4 Å². The molecule has 260 valence electrons. The number of hydrogen-bond donors (Lipinski definition) is 6. The van der Waals surface area contributed by atoms with Gasteiger partial charge in [-0.05, 0) is 124 Å². The number of hydrogen-bond acceptors (Lipinski definition) is 8. The summed E-state index contributed by atoms with van der Waals surface area (Å²) in [5.41, 5.74) is 12.1. The van der Waals surface area contributed by atoms with Crippen LogP contribution in [0.4, 0.5) is 0 Å². The van der Waals surface area contributed by atoms with Crippen LogP contribution in [0, 0.1) is 0 Å². The van der Waals surface area contributed by atoms with Crippen LogP contribution in [0.3, 0.4) is 0 Å². The van der Waals surface area contributed by atoms with E-state index < -0.39 is 0 Å². The third kappa shape index (κ3) is 9.11. The number of benzene rings is 2. The Labute approximate surface area is 289 Å². The van der Waals surface area contributed by atoms with Crippen molar-refractivity contribution in [3.8, 4) is 11.5 Å². The number of aliphatic hydroxyl groups excluding tert-OH is 2. The van der Waals surface area contributed by atoms with Gasteiger partial charge in [-0.15, -0.1) is 0 Å². The molecule has 0 atom stereocenters. The smallest absolute Gasteiger partial charge is 0.255 e. The van der Waals surface area contributed by atoms with E-state index in [9.17, 15) is 9.59 Å². The number of ether oxygens (including phenoxy) is 2. The summed E-state index contributed by atoms with van der Waals surface area (Å²) in [6.45, 7) is 0.370. The van der Waals surface area contributed by atoms with Gasteiger partial charge in [0.2, 0.25) is 0 Å². The normalized spacial score (nSPS) is 24.2. The number of rotatable bonds is 10. The fourth-order valence-electron chi connectivity index (χ4n) is 6.85. The van der Waals surface area contributed by atoms with Crippen LogP contribution in [-0.2, 0) is 0 Å². The van der Waals surface area contributed by atoms with Gasteiger partial charge in [0, 0.05) is 47.5 Å². The molecule has 8 N–H and O–H groups in total. The Balaban J connectivity index is 0.000000188. The van der Waals surface area contributed by atoms with Crippen molar-refractivity contribution in [2.24, 2.45) is 11.5 Å². The van der Waals surface area contributed by atoms with Gasteiger partial charge in [-0.25, -0.2) is 0 Å². The van der Waals surface area contributed by atoms with Crippen molar-refractivity contribution in [1.29, 1.82) is 0 Å². The lowest BCUT2D eigenvalue weighted by Gasteiger charge is -2.37. The number of aromatic amines is 2. The maximum atomic E-state index is 11.8. The van der Waals surface area contributed by atoms with Gasteiger partial charge in [-0.1, -0.05) is 23.2 Å². The summed E-state index contributed by atoms with van der Waals surface area (Å²) >= 11 is 12.6. The summed E-state index contributed by atoms with van der Waals surface area (Å²) < 4.78 is 12.2. The Morgan fingerprint density at radius 2 is 1.06 bits per heavy atom. The van der Waals surface area contributed by atoms with Crippen LogP contribution >= 0.6 is 23.2 Å². The van der Waals surface area contributed by atoms with E-state index in [0.717, 1.165) is 87.8 Å². The summed E-state index contributed by atoms with van der Waals surface area (Å²) in [7, 11) is 0. The molecule has 48 heavy (non-hydrogen) atoms. The van der Waals surface area contributed by atoms with E-state index in [1.807, 2.05) is 24.3 Å². The molecule has 0 amide bonds. The molecule has 2 aliphatic carbocycles. The molecule has 12 heteroatoms. The molecule has 2 aromatic carbocycles. The fourth-order valence-corrected chi connectivity index (χ4v) is 7.26. The van der Waals surface area contributed by atoms with Gasteiger partial charge in [0.25, 0.3) is 11.1 Å². The fraction of sp³-hybridized carbons (Fsp3) is 0.500. The summed E-state index contributed by atoms with van der Waals surface area (Å²) in [6.07, 6.45) is 13.5. The number of aliphatic hydroxyl groups is 2. The second-order valence-electron chi connectivity index (χ2n) is 13.4. The maximum Gasteiger partial charge on any atom is 0.255 e. The lowest BCUT2D eigenvalue weighted by Crippen LogP contribution is -2.45. The number of pyridine rings is 2. The average molecular weight is 702 g/mol. The van der Waals surface area contributed by atoms with Gasteiger partial charge in [0.1, 0.15) is 11.5 Å². The van der Waals surface area contributed by atoms with E-state index >= 15 is 0 Å². The molecule has 2 saturated carbocycles. The van der Waals surface area contributed by atoms with Gasteiger partial charge in [-0.2, -0.15) is 0 Å². The Hall–Kier alpha value is -3.12. The molecule has 6 rings (SSSR count). The molecule has 0 bridgehead atoms. The highest BCUT2D eigenvalue weighted by molar-refractivity contribution is 6.33. The highest BCUT2D eigenvalue weighted by Crippen LogP contribution is 2.37. The SMILES string of the molecule is NC1(CCCO)CCC(Oc2cc3cc[nH]c(=O)c3cc2Cl)CC1.NC1(CCCO)CCC(Oc2cc3cc[nH]c(=O)c3cc2Cl)CC1. The summed E-state index contributed by atoms with van der Waals surface area (Å²) in [5.74, 6) is 1.22. The molecular weight excluding hydrogens is 655 g/mol. The van der Waals surface area contributed by atoms with Crippen LogP contribution < -0.4 is 32.1 Å². The van der Waals surface area contributed by atoms with E-state index in [-0.39, 0.29) is 47.6 Å². The zero-order chi connectivity index (χ0) is 34.3. The number of halogens is 2. The van der Waals surface area contributed by atoms with Crippen molar-refractivity contribution in [3.63, 3.8) is 0 Å². The number of fused-ring (bicyclic) bond motifs is 2. The van der Waals surface area contributed by atoms with E-state index in [0.29, 0.717) is 32.3 Å². The lowest BCUT2D eigenvalue weighted by atomic mass is 9.78. The molecule has 0 spiro atoms. The topological polar surface area (TPSA) is 177 Å². The van der Waals surface area contributed by atoms with Crippen LogP contribution in [0.15, 0.2) is 58.4 Å². The van der Waals surface area contributed by atoms with Crippen LogP contribution in [-0.4, -0.2) is 56.7 Å². The zero-order valence-electron chi connectivity index (χ0n) is 27.1. The largest absolute Gasteiger partial charge is 0.489 e. The Morgan fingerprint density at radius 3 is 1.42 bits per heavy atom. The molecular formula is C36H46Cl2N4O6. The third-order valence-electron chi connectivity index (χ3n) is 9.76. The zero-order valence-corrected chi connectivity index (χ0v) is 28.6. The Bertz CT molecular complexity index is 1660. The minimum Gasteiger partial charge on any atom is -0.489 e. The lowest BCUT2D eigenvalue weighted by molar-refractivity contribution is 0.111. The molecule has 2 heterocycles. The second kappa shape index (κ2) is 16.1. The predicted octanol–water partition coefficient (Wildman–Crippen LogP) is 5.95. The van der Waals surface area contributed by atoms with Crippen molar-refractivity contribution in [3.05, 3.63) is 79.5 Å². The monoisotopic (exact) mass is 700 g/mol. The quantitative estimate of drug-likeness (QED) is 0.118. The van der Waals surface area contributed by atoms with Gasteiger partial charge >= 0.3 is 0 Å². The first kappa shape index (κ1) is 36.2. The summed E-state index contributed by atoms with van der Waals surface area (Å²) in [5, 5.41) is 21.6. The number of nitrogens with one attached hydrogen (secondary N) is 2. The maximum absolute atomic E-state index is 11.8. The van der Waals surface area contributed by atoms with Crippen LogP contribution in [0.5, 0.6) is 11.5 Å². The van der Waals surface area contributed by atoms with Crippen LogP contribution in [0.25, 0.3) is 21.5 Å². The van der Waals surface area contributed by atoms with Gasteiger partial charge in [0.05, 0.1) is 22.3 Å². The molecule has 0 saturated heterocycles. The molecule has 0 radical (unpaired) electrons. The van der Waals surface area contributed by atoms with Crippen molar-refractivity contribution in [2.45, 2.75) is 100 Å². The summed E-state index contributed by atoms with van der Waals surface area (Å²) in [6, 6.07) is 10.6. The molecule has 0 unspecified atom stereocenters. The molecule has 10 nitrogen and oxygen atoms in total. The van der Waals surface area contributed by atoms with Gasteiger partial charge in [-0.3, -0.25) is 9.59 Å². The number of H-pyrrole nitrogens is 2. The van der Waals surface area contributed by atoms with E-state index in [2.05, 4.69) is 9.97 Å². The minimum atomic E-state index is -0.191. The third-order valence-corrected chi connectivity index (χ3v) is 10.4. The van der Waals surface area contributed by atoms with Crippen molar-refractivity contribution < 1.29 is 19.7 Å². The number of nitrogens with two attached hydrogens (primary N) is 2. The van der Waals surface area contributed by atoms with Crippen molar-refractivity contribution >= 4 is 44.7 Å². The highest BCUT2D eigenvalue weighted by atomic mass is 35.5.